The molecule has 90 valence electrons. The fourth-order valence-electron chi connectivity index (χ4n) is 1.16. The molecule has 2 N–H and O–H groups in total. The highest BCUT2D eigenvalue weighted by molar-refractivity contribution is 14.1. The molecule has 0 spiro atoms. The zero-order chi connectivity index (χ0) is 12.5. The van der Waals surface area contributed by atoms with Crippen molar-refractivity contribution in [3.63, 3.8) is 0 Å². The lowest BCUT2D eigenvalue weighted by atomic mass is 10.3. The second kappa shape index (κ2) is 4.61. The van der Waals surface area contributed by atoms with Crippen LogP contribution in [-0.4, -0.2) is 18.4 Å². The third kappa shape index (κ3) is 2.75. The Morgan fingerprint density at radius 2 is 2.18 bits per heavy atom. The van der Waals surface area contributed by atoms with E-state index in [9.17, 15) is 12.8 Å². The highest BCUT2D eigenvalue weighted by atomic mass is 127. The number of aromatic nitrogens is 2. The van der Waals surface area contributed by atoms with E-state index in [0.29, 0.717) is 9.26 Å². The van der Waals surface area contributed by atoms with Crippen LogP contribution in [0.1, 0.15) is 0 Å². The second-order valence-electron chi connectivity index (χ2n) is 3.15. The molecule has 0 fully saturated rings. The highest BCUT2D eigenvalue weighted by Gasteiger charge is 2.16. The van der Waals surface area contributed by atoms with Gasteiger partial charge in [-0.15, -0.1) is 0 Å². The van der Waals surface area contributed by atoms with Gasteiger partial charge < -0.3 is 4.98 Å². The average Bonchev–Trinajstić information content (AvgIpc) is 2.76. The molecular weight excluding hydrogens is 360 g/mol. The first-order chi connectivity index (χ1) is 7.99. The first kappa shape index (κ1) is 12.3. The minimum atomic E-state index is -3.70. The smallest absolute Gasteiger partial charge is 0.279 e. The summed E-state index contributed by atoms with van der Waals surface area (Å²) >= 11 is 1.85. The summed E-state index contributed by atoms with van der Waals surface area (Å²) in [5.74, 6) is -0.418. The predicted molar refractivity (Wildman–Crippen MR) is 68.5 cm³/mol. The van der Waals surface area contributed by atoms with Crippen molar-refractivity contribution in [2.24, 2.45) is 0 Å². The Kier molecular flexibility index (Phi) is 3.33. The molecule has 0 saturated heterocycles. The lowest BCUT2D eigenvalue weighted by molar-refractivity contribution is 0.598. The van der Waals surface area contributed by atoms with Crippen LogP contribution < -0.4 is 4.72 Å². The number of anilines is 1. The van der Waals surface area contributed by atoms with Gasteiger partial charge >= 0.3 is 0 Å². The fraction of sp³-hybridized carbons (Fsp3) is 0. The standard InChI is InChI=1S/C9H7FIN3O2S/c10-6-1-2-8(7(11)3-6)14-17(15,16)9-4-12-5-13-9/h1-5,14H,(H,12,13). The molecule has 0 saturated carbocycles. The van der Waals surface area contributed by atoms with E-state index in [2.05, 4.69) is 14.7 Å². The van der Waals surface area contributed by atoms with Gasteiger partial charge in [0.05, 0.1) is 18.2 Å². The van der Waals surface area contributed by atoms with E-state index in [4.69, 9.17) is 0 Å². The van der Waals surface area contributed by atoms with Crippen molar-refractivity contribution in [2.45, 2.75) is 5.03 Å². The predicted octanol–water partition coefficient (Wildman–Crippen LogP) is 1.95. The van der Waals surface area contributed by atoms with Gasteiger partial charge in [-0.2, -0.15) is 8.42 Å². The third-order valence-electron chi connectivity index (χ3n) is 1.94. The topological polar surface area (TPSA) is 74.8 Å². The number of halogens is 2. The van der Waals surface area contributed by atoms with Crippen molar-refractivity contribution >= 4 is 38.3 Å². The summed E-state index contributed by atoms with van der Waals surface area (Å²) in [6.45, 7) is 0. The van der Waals surface area contributed by atoms with E-state index >= 15 is 0 Å². The Hall–Kier alpha value is -1.16. The van der Waals surface area contributed by atoms with Gasteiger partial charge in [0, 0.05) is 3.57 Å². The lowest BCUT2D eigenvalue weighted by Crippen LogP contribution is -2.14. The summed E-state index contributed by atoms with van der Waals surface area (Å²) in [4.78, 5) is 6.12. The maximum Gasteiger partial charge on any atom is 0.279 e. The van der Waals surface area contributed by atoms with Crippen LogP contribution in [-0.2, 0) is 10.0 Å². The summed E-state index contributed by atoms with van der Waals surface area (Å²) in [6, 6.07) is 3.80. The number of aromatic amines is 1. The van der Waals surface area contributed by atoms with Gasteiger partial charge in [-0.05, 0) is 40.8 Å². The number of nitrogens with one attached hydrogen (secondary N) is 2. The molecule has 0 bridgehead atoms. The van der Waals surface area contributed by atoms with Crippen LogP contribution in [0.4, 0.5) is 10.1 Å². The van der Waals surface area contributed by atoms with E-state index < -0.39 is 15.8 Å². The minimum absolute atomic E-state index is 0.0439. The van der Waals surface area contributed by atoms with Gasteiger partial charge in [0.15, 0.2) is 5.03 Å². The summed E-state index contributed by atoms with van der Waals surface area (Å²) in [5, 5.41) is -0.0439. The number of hydrogen-bond donors (Lipinski definition) is 2. The summed E-state index contributed by atoms with van der Waals surface area (Å²) < 4.78 is 39.3. The number of rotatable bonds is 3. The molecular formula is C9H7FIN3O2S. The zero-order valence-corrected chi connectivity index (χ0v) is 11.3. The van der Waals surface area contributed by atoms with Crippen molar-refractivity contribution < 1.29 is 12.8 Å². The number of sulfonamides is 1. The molecule has 1 aromatic carbocycles. The number of nitrogens with zero attached hydrogens (tertiary/aromatic N) is 1. The normalized spacial score (nSPS) is 11.4. The SMILES string of the molecule is O=S(=O)(Nc1ccc(F)cc1I)c1cnc[nH]1. The van der Waals surface area contributed by atoms with Crippen molar-refractivity contribution in [2.75, 3.05) is 4.72 Å². The van der Waals surface area contributed by atoms with Crippen LogP contribution in [0.2, 0.25) is 0 Å². The van der Waals surface area contributed by atoms with E-state index in [1.54, 1.807) is 0 Å². The van der Waals surface area contributed by atoms with Crippen LogP contribution in [0.5, 0.6) is 0 Å². The molecule has 0 amide bonds. The summed E-state index contributed by atoms with van der Waals surface area (Å²) in [6.07, 6.45) is 2.46. The Morgan fingerprint density at radius 3 is 2.76 bits per heavy atom. The Balaban J connectivity index is 2.33. The van der Waals surface area contributed by atoms with Gasteiger partial charge in [0.25, 0.3) is 10.0 Å². The van der Waals surface area contributed by atoms with Crippen LogP contribution in [0.15, 0.2) is 35.7 Å². The molecule has 0 radical (unpaired) electrons. The number of H-pyrrole nitrogens is 1. The summed E-state index contributed by atoms with van der Waals surface area (Å²) in [7, 11) is -3.70. The Bertz CT molecular complexity index is 628. The van der Waals surface area contributed by atoms with Gasteiger partial charge in [-0.1, -0.05) is 0 Å². The molecule has 8 heteroatoms. The van der Waals surface area contributed by atoms with Crippen LogP contribution >= 0.6 is 22.6 Å². The first-order valence-corrected chi connectivity index (χ1v) is 7.01. The second-order valence-corrected chi connectivity index (χ2v) is 5.96. The maximum absolute atomic E-state index is 12.9. The maximum atomic E-state index is 12.9. The fourth-order valence-corrected chi connectivity index (χ4v) is 2.94. The average molecular weight is 367 g/mol. The van der Waals surface area contributed by atoms with Crippen LogP contribution in [0, 0.1) is 9.39 Å². The van der Waals surface area contributed by atoms with Gasteiger partial charge in [0.2, 0.25) is 0 Å². The summed E-state index contributed by atoms with van der Waals surface area (Å²) in [5.41, 5.74) is 0.321. The van der Waals surface area contributed by atoms with Crippen LogP contribution in [0.3, 0.4) is 0 Å². The van der Waals surface area contributed by atoms with Gasteiger partial charge in [-0.3, -0.25) is 4.72 Å². The molecule has 2 rings (SSSR count). The Labute approximate surface area is 111 Å². The highest BCUT2D eigenvalue weighted by Crippen LogP contribution is 2.21. The van der Waals surface area contributed by atoms with Gasteiger partial charge in [0.1, 0.15) is 5.82 Å². The molecule has 0 aliphatic rings. The molecule has 0 aliphatic heterocycles. The van der Waals surface area contributed by atoms with E-state index in [-0.39, 0.29) is 5.03 Å². The zero-order valence-electron chi connectivity index (χ0n) is 8.31. The van der Waals surface area contributed by atoms with Crippen molar-refractivity contribution in [3.8, 4) is 0 Å². The number of imidazole rings is 1. The lowest BCUT2D eigenvalue weighted by Gasteiger charge is -2.07. The largest absolute Gasteiger partial charge is 0.334 e. The molecule has 0 aliphatic carbocycles. The molecule has 17 heavy (non-hydrogen) atoms. The van der Waals surface area contributed by atoms with Crippen molar-refractivity contribution in [1.82, 2.24) is 9.97 Å². The molecule has 0 unspecified atom stereocenters. The van der Waals surface area contributed by atoms with E-state index in [1.165, 1.54) is 30.7 Å². The molecule has 1 heterocycles. The molecule has 5 nitrogen and oxygen atoms in total. The quantitative estimate of drug-likeness (QED) is 0.815. The van der Waals surface area contributed by atoms with Gasteiger partial charge in [-0.25, -0.2) is 9.37 Å². The molecule has 2 aromatic rings. The third-order valence-corrected chi connectivity index (χ3v) is 4.12. The molecule has 0 atom stereocenters. The number of hydrogen-bond acceptors (Lipinski definition) is 3. The first-order valence-electron chi connectivity index (χ1n) is 4.45. The monoisotopic (exact) mass is 367 g/mol. The Morgan fingerprint density at radius 1 is 1.41 bits per heavy atom. The van der Waals surface area contributed by atoms with E-state index in [0.717, 1.165) is 0 Å². The van der Waals surface area contributed by atoms with Crippen molar-refractivity contribution in [3.05, 3.63) is 40.1 Å². The van der Waals surface area contributed by atoms with Crippen LogP contribution in [0.25, 0.3) is 0 Å². The van der Waals surface area contributed by atoms with Crippen molar-refractivity contribution in [1.29, 1.82) is 0 Å². The van der Waals surface area contributed by atoms with E-state index in [1.807, 2.05) is 22.6 Å². The minimum Gasteiger partial charge on any atom is -0.334 e. The number of benzene rings is 1. The molecule has 1 aromatic heterocycles.